The molecule has 28 aromatic rings. The van der Waals surface area contributed by atoms with E-state index in [1.807, 2.05) is 0 Å². The summed E-state index contributed by atoms with van der Waals surface area (Å²) in [5, 5.41) is 95.9. The van der Waals surface area contributed by atoms with E-state index in [1.165, 1.54) is 0 Å². The Hall–Kier alpha value is -7.58. The average Bonchev–Trinajstić information content (AvgIpc) is 4.15. The lowest BCUT2D eigenvalue weighted by Gasteiger charge is -2.52. The quantitative estimate of drug-likeness (QED) is 0.163. The number of nitrogens with one attached hydrogen (secondary N) is 1. The van der Waals surface area contributed by atoms with Crippen LogP contribution < -0.4 is 5.32 Å². The molecule has 276 valence electrons. The van der Waals surface area contributed by atoms with Crippen molar-refractivity contribution in [2.75, 3.05) is 6.54 Å². The minimum absolute atomic E-state index is 0.159. The first-order chi connectivity index (χ1) is 32.8. The first-order valence-corrected chi connectivity index (χ1v) is 25.3. The van der Waals surface area contributed by atoms with Crippen molar-refractivity contribution in [3.8, 4) is 0 Å². The number of benzene rings is 18. The van der Waals surface area contributed by atoms with Crippen LogP contribution in [0.5, 0.6) is 0 Å². The van der Waals surface area contributed by atoms with Gasteiger partial charge in [-0.1, -0.05) is 13.8 Å². The predicted octanol–water partition coefficient (Wildman–Crippen LogP) is 16.9. The van der Waals surface area contributed by atoms with Crippen molar-refractivity contribution in [3.63, 3.8) is 0 Å². The van der Waals surface area contributed by atoms with Gasteiger partial charge in [-0.25, -0.2) is 0 Å². The van der Waals surface area contributed by atoms with Gasteiger partial charge in [0.2, 0.25) is 0 Å². The van der Waals surface area contributed by atoms with Crippen molar-refractivity contribution in [2.24, 2.45) is 5.92 Å². The molecule has 0 radical (unpaired) electrons. The molecule has 2 spiro atoms. The van der Waals surface area contributed by atoms with Crippen LogP contribution in [-0.4, -0.2) is 12.6 Å². The van der Waals surface area contributed by atoms with Crippen LogP contribution in [0, 0.1) is 5.92 Å². The third-order valence-corrected chi connectivity index (χ3v) is 25.3. The van der Waals surface area contributed by atoms with E-state index in [9.17, 15) is 0 Å². The van der Waals surface area contributed by atoms with Gasteiger partial charge in [0.15, 0.2) is 0 Å². The Labute approximate surface area is 359 Å². The molecule has 0 bridgehead atoms. The average molecular weight is 806 g/mol. The van der Waals surface area contributed by atoms with Gasteiger partial charge in [-0.3, -0.25) is 0 Å². The maximum atomic E-state index is 4.63. The Morgan fingerprint density at radius 3 is 0.561 bits per heavy atom. The molecular formula is C65H11N. The highest BCUT2D eigenvalue weighted by molar-refractivity contribution is 6.82. The third-order valence-electron chi connectivity index (χ3n) is 25.3. The molecule has 1 heterocycles. The second-order valence-electron chi connectivity index (χ2n) is 25.6. The molecule has 1 aliphatic heterocycles. The van der Waals surface area contributed by atoms with E-state index < -0.39 is 0 Å². The fourth-order valence-corrected chi connectivity index (χ4v) is 25.5. The van der Waals surface area contributed by atoms with Crippen LogP contribution in [-0.2, 0) is 10.8 Å². The van der Waals surface area contributed by atoms with Gasteiger partial charge in [-0.2, -0.15) is 0 Å². The summed E-state index contributed by atoms with van der Waals surface area (Å²) in [7, 11) is 0. The zero-order chi connectivity index (χ0) is 39.1. The largest absolute Gasteiger partial charge is 0.311 e. The lowest BCUT2D eigenvalue weighted by Crippen LogP contribution is -2.55. The van der Waals surface area contributed by atoms with Crippen LogP contribution >= 0.6 is 0 Å². The summed E-state index contributed by atoms with van der Waals surface area (Å²) in [6.07, 6.45) is 0. The predicted molar refractivity (Wildman–Crippen MR) is 281 cm³/mol. The highest BCUT2D eigenvalue weighted by Crippen LogP contribution is 2.85. The van der Waals surface area contributed by atoms with Crippen molar-refractivity contribution in [2.45, 2.75) is 30.7 Å². The van der Waals surface area contributed by atoms with Crippen molar-refractivity contribution < 1.29 is 0 Å². The molecule has 1 unspecified atom stereocenters. The van der Waals surface area contributed by atoms with E-state index in [0.29, 0.717) is 12.0 Å². The Morgan fingerprint density at radius 2 is 0.394 bits per heavy atom. The van der Waals surface area contributed by atoms with Crippen LogP contribution in [0.1, 0.15) is 36.1 Å². The van der Waals surface area contributed by atoms with Crippen molar-refractivity contribution in [3.05, 3.63) is 22.3 Å². The van der Waals surface area contributed by atoms with Crippen molar-refractivity contribution in [1.82, 2.24) is 5.32 Å². The molecule has 5 aliphatic rings. The lowest BCUT2D eigenvalue weighted by molar-refractivity contribution is 0.300. The smallest absolute Gasteiger partial charge is 0.0533 e. The highest BCUT2D eigenvalue weighted by Gasteiger charge is 2.74. The van der Waals surface area contributed by atoms with Gasteiger partial charge in [-0.15, -0.1) is 0 Å². The molecule has 28 aromatic carbocycles. The minimum atomic E-state index is -0.174. The SMILES string of the molecule is CC(C)C1NCC23c4c5c6c7c8c9c(c%10c%11c2c2c4c4c%12c5c5c6c6c8c8c%13c9c9c%10c%10c%11c%11c2c2c4c4c%12c%12c5c5c6c8c6c8c%13c9c9c%10c%10c%11c2c2c4c4c%12c5c6c5c8c9c%10c2c45)C713. The fourth-order valence-electron chi connectivity index (χ4n) is 25.5. The van der Waals surface area contributed by atoms with E-state index in [0.717, 1.165) is 6.54 Å². The van der Waals surface area contributed by atoms with Gasteiger partial charge >= 0.3 is 0 Å². The summed E-state index contributed by atoms with van der Waals surface area (Å²) in [4.78, 5) is 0. The zero-order valence-electron chi connectivity index (χ0n) is 34.4. The molecule has 33 rings (SSSR count). The zero-order valence-corrected chi connectivity index (χ0v) is 34.4. The van der Waals surface area contributed by atoms with Gasteiger partial charge in [0, 0.05) is 12.6 Å². The second kappa shape index (κ2) is 5.26. The molecule has 0 amide bonds. The summed E-state index contributed by atoms with van der Waals surface area (Å²) < 4.78 is 0. The third kappa shape index (κ3) is 1.19. The maximum Gasteiger partial charge on any atom is 0.0533 e. The normalized spacial score (nSPS) is 24.5. The first-order valence-electron chi connectivity index (χ1n) is 25.3. The first kappa shape index (κ1) is 24.1. The van der Waals surface area contributed by atoms with Gasteiger partial charge < -0.3 is 5.32 Å². The summed E-state index contributed by atoms with van der Waals surface area (Å²) in [5.74, 6) is 0.480. The van der Waals surface area contributed by atoms with E-state index >= 15 is 0 Å². The molecular weight excluding hydrogens is 795 g/mol. The van der Waals surface area contributed by atoms with E-state index in [-0.39, 0.29) is 10.8 Å². The molecule has 1 N–H and O–H groups in total. The molecule has 66 heavy (non-hydrogen) atoms. The van der Waals surface area contributed by atoms with Gasteiger partial charge in [-0.05, 0) is 319 Å². The molecule has 1 fully saturated rings. The molecule has 1 atom stereocenters. The highest BCUT2D eigenvalue weighted by atomic mass is 15.0. The number of hydrogen-bond acceptors (Lipinski definition) is 1. The Morgan fingerprint density at radius 1 is 0.242 bits per heavy atom. The summed E-state index contributed by atoms with van der Waals surface area (Å²) in [5.41, 5.74) is 6.88. The van der Waals surface area contributed by atoms with Gasteiger partial charge in [0.25, 0.3) is 0 Å². The molecule has 0 aromatic heterocycles. The summed E-state index contributed by atoms with van der Waals surface area (Å²) >= 11 is 0. The van der Waals surface area contributed by atoms with E-state index in [4.69, 9.17) is 0 Å². The summed E-state index contributed by atoms with van der Waals surface area (Å²) in [6.45, 7) is 6.25. The Bertz CT molecular complexity index is 6830. The topological polar surface area (TPSA) is 12.0 Å². The lowest BCUT2D eigenvalue weighted by atomic mass is 9.47. The Kier molecular flexibility index (Phi) is 1.92. The van der Waals surface area contributed by atoms with Crippen LogP contribution in [0.4, 0.5) is 0 Å². The maximum absolute atomic E-state index is 4.63. The van der Waals surface area contributed by atoms with Crippen LogP contribution in [0.25, 0.3) is 291 Å². The second-order valence-corrected chi connectivity index (χ2v) is 25.6. The molecule has 1 nitrogen and oxygen atoms in total. The van der Waals surface area contributed by atoms with E-state index in [2.05, 4.69) is 19.2 Å². The number of rotatable bonds is 1. The van der Waals surface area contributed by atoms with Crippen LogP contribution in [0.3, 0.4) is 0 Å². The number of hydrogen-bond donors (Lipinski definition) is 1. The van der Waals surface area contributed by atoms with Gasteiger partial charge in [0.05, 0.1) is 10.8 Å². The van der Waals surface area contributed by atoms with Crippen LogP contribution in [0.2, 0.25) is 0 Å². The monoisotopic (exact) mass is 805 g/mol. The van der Waals surface area contributed by atoms with Gasteiger partial charge in [0.1, 0.15) is 0 Å². The fraction of sp³-hybridized carbons (Fsp3) is 0.108. The minimum Gasteiger partial charge on any atom is -0.311 e. The summed E-state index contributed by atoms with van der Waals surface area (Å²) in [6, 6.07) is 0.341. The van der Waals surface area contributed by atoms with Crippen molar-refractivity contribution >= 4 is 291 Å². The standard InChI is InChI=1S/C65H11N/c1-4(2)63-65-61-55-49-39-27-19-11-7-5-6-9-13(11)21(27)31-25-17(9)18-10(6)14-12-8(5)16-15(7)23-29(19)37-43-33(23)34-24(16)30-20(12)28-22(14)32-26(18)36-35(25)47(41(31)49)57(61)58-48(36)42(32)50-40(28)46-38(30)44(34)52-51(43)59(53(55)45(37)39)64(65,3-66-63)60(52)54(46)56(50)62(58)65/h4,63,66H,3H2,1-2H3. The van der Waals surface area contributed by atoms with Crippen molar-refractivity contribution in [1.29, 1.82) is 0 Å². The molecule has 1 saturated heterocycles. The molecule has 0 saturated carbocycles. The van der Waals surface area contributed by atoms with E-state index in [1.54, 1.807) is 313 Å². The van der Waals surface area contributed by atoms with Crippen LogP contribution in [0.15, 0.2) is 0 Å². The Balaban J connectivity index is 1.26. The molecule has 1 heteroatoms. The molecule has 4 aliphatic carbocycles.